The molecular weight excluding hydrogens is 222 g/mol. The second-order valence-electron chi connectivity index (χ2n) is 6.15. The zero-order valence-electron chi connectivity index (χ0n) is 11.4. The number of fused-ring (bicyclic) bond motifs is 1. The molecule has 3 unspecified atom stereocenters. The lowest BCUT2D eigenvalue weighted by Crippen LogP contribution is -2.41. The monoisotopic (exact) mass is 245 g/mol. The number of aromatic hydroxyl groups is 1. The topological polar surface area (TPSA) is 23.5 Å². The lowest BCUT2D eigenvalue weighted by atomic mass is 9.91. The third-order valence-corrected chi connectivity index (χ3v) is 4.76. The van der Waals surface area contributed by atoms with E-state index in [0.717, 1.165) is 12.3 Å². The number of hydrogen-bond acceptors (Lipinski definition) is 2. The molecule has 18 heavy (non-hydrogen) atoms. The first-order valence-electron chi connectivity index (χ1n) is 7.22. The molecule has 1 heterocycles. The van der Waals surface area contributed by atoms with Gasteiger partial charge in [0.25, 0.3) is 0 Å². The van der Waals surface area contributed by atoms with Gasteiger partial charge < -0.3 is 5.11 Å². The van der Waals surface area contributed by atoms with Crippen molar-refractivity contribution >= 4 is 0 Å². The van der Waals surface area contributed by atoms with Crippen LogP contribution in [0.1, 0.15) is 50.3 Å². The number of hydrogen-bond donors (Lipinski definition) is 1. The SMILES string of the molecule is CC1CCN(C2CCc3cc(O)ccc32)C(C)C1. The molecule has 1 aliphatic heterocycles. The van der Waals surface area contributed by atoms with Gasteiger partial charge in [-0.3, -0.25) is 4.90 Å². The predicted molar refractivity (Wildman–Crippen MR) is 73.7 cm³/mol. The van der Waals surface area contributed by atoms with Crippen molar-refractivity contribution in [1.82, 2.24) is 4.90 Å². The van der Waals surface area contributed by atoms with E-state index in [9.17, 15) is 5.11 Å². The molecule has 0 spiro atoms. The van der Waals surface area contributed by atoms with Crippen molar-refractivity contribution in [2.24, 2.45) is 5.92 Å². The van der Waals surface area contributed by atoms with Crippen LogP contribution in [0, 0.1) is 5.92 Å². The van der Waals surface area contributed by atoms with Gasteiger partial charge in [-0.1, -0.05) is 13.0 Å². The van der Waals surface area contributed by atoms with Crippen LogP contribution >= 0.6 is 0 Å². The number of benzene rings is 1. The van der Waals surface area contributed by atoms with Gasteiger partial charge >= 0.3 is 0 Å². The van der Waals surface area contributed by atoms with Gasteiger partial charge in [0.15, 0.2) is 0 Å². The molecule has 2 aliphatic rings. The van der Waals surface area contributed by atoms with Crippen LogP contribution in [0.4, 0.5) is 0 Å². The first-order chi connectivity index (χ1) is 8.65. The van der Waals surface area contributed by atoms with Crippen LogP contribution in [0.2, 0.25) is 0 Å². The highest BCUT2D eigenvalue weighted by atomic mass is 16.3. The van der Waals surface area contributed by atoms with Crippen LogP contribution in [0.15, 0.2) is 18.2 Å². The maximum atomic E-state index is 9.57. The zero-order chi connectivity index (χ0) is 12.7. The van der Waals surface area contributed by atoms with E-state index in [-0.39, 0.29) is 0 Å². The Morgan fingerprint density at radius 1 is 1.22 bits per heavy atom. The van der Waals surface area contributed by atoms with E-state index in [2.05, 4.69) is 24.8 Å². The number of nitrogens with zero attached hydrogens (tertiary/aromatic N) is 1. The van der Waals surface area contributed by atoms with Crippen LogP contribution in [0.3, 0.4) is 0 Å². The van der Waals surface area contributed by atoms with Crippen LogP contribution in [0.25, 0.3) is 0 Å². The number of phenols is 1. The van der Waals surface area contributed by atoms with Gasteiger partial charge in [-0.05, 0) is 68.3 Å². The summed E-state index contributed by atoms with van der Waals surface area (Å²) in [6, 6.07) is 7.20. The molecule has 1 saturated heterocycles. The fourth-order valence-electron chi connectivity index (χ4n) is 3.81. The summed E-state index contributed by atoms with van der Waals surface area (Å²) in [5.41, 5.74) is 2.81. The second-order valence-corrected chi connectivity index (χ2v) is 6.15. The summed E-state index contributed by atoms with van der Waals surface area (Å²) in [6.45, 7) is 5.97. The molecule has 98 valence electrons. The van der Waals surface area contributed by atoms with Crippen molar-refractivity contribution in [2.75, 3.05) is 6.54 Å². The van der Waals surface area contributed by atoms with Crippen LogP contribution < -0.4 is 0 Å². The second kappa shape index (κ2) is 4.58. The highest BCUT2D eigenvalue weighted by molar-refractivity contribution is 5.40. The normalized spacial score (nSPS) is 32.4. The quantitative estimate of drug-likeness (QED) is 0.818. The summed E-state index contributed by atoms with van der Waals surface area (Å²) in [5.74, 6) is 1.28. The van der Waals surface area contributed by atoms with Gasteiger partial charge in [0.05, 0.1) is 0 Å². The standard InChI is InChI=1S/C16H23NO/c1-11-7-8-17(12(2)9-11)16-6-3-13-10-14(18)4-5-15(13)16/h4-5,10-12,16,18H,3,6-9H2,1-2H3. The Bertz CT molecular complexity index is 443. The van der Waals surface area contributed by atoms with Crippen molar-refractivity contribution in [1.29, 1.82) is 0 Å². The predicted octanol–water partition coefficient (Wildman–Crippen LogP) is 3.50. The summed E-state index contributed by atoms with van der Waals surface area (Å²) in [5, 5.41) is 9.57. The van der Waals surface area contributed by atoms with Crippen molar-refractivity contribution in [3.63, 3.8) is 0 Å². The van der Waals surface area contributed by atoms with E-state index in [1.54, 1.807) is 0 Å². The van der Waals surface area contributed by atoms with Crippen molar-refractivity contribution in [2.45, 2.75) is 51.6 Å². The third-order valence-electron chi connectivity index (χ3n) is 4.76. The Labute approximate surface area is 110 Å². The third kappa shape index (κ3) is 2.03. The summed E-state index contributed by atoms with van der Waals surface area (Å²) < 4.78 is 0. The Hall–Kier alpha value is -1.02. The first-order valence-corrected chi connectivity index (χ1v) is 7.22. The van der Waals surface area contributed by atoms with Gasteiger partial charge in [-0.2, -0.15) is 0 Å². The Morgan fingerprint density at radius 2 is 2.06 bits per heavy atom. The van der Waals surface area contributed by atoms with Crippen molar-refractivity contribution in [3.8, 4) is 5.75 Å². The largest absolute Gasteiger partial charge is 0.508 e. The maximum absolute atomic E-state index is 9.57. The summed E-state index contributed by atoms with van der Waals surface area (Å²) in [4.78, 5) is 2.68. The highest BCUT2D eigenvalue weighted by Gasteiger charge is 2.33. The van der Waals surface area contributed by atoms with Crippen LogP contribution in [-0.2, 0) is 6.42 Å². The van der Waals surface area contributed by atoms with Crippen LogP contribution in [-0.4, -0.2) is 22.6 Å². The summed E-state index contributed by atoms with van der Waals surface area (Å²) in [7, 11) is 0. The van der Waals surface area contributed by atoms with E-state index in [1.807, 2.05) is 12.1 Å². The lowest BCUT2D eigenvalue weighted by Gasteiger charge is -2.40. The molecule has 3 rings (SSSR count). The number of likely N-dealkylation sites (tertiary alicyclic amines) is 1. The highest BCUT2D eigenvalue weighted by Crippen LogP contribution is 2.40. The maximum Gasteiger partial charge on any atom is 0.115 e. The smallest absolute Gasteiger partial charge is 0.115 e. The van der Waals surface area contributed by atoms with E-state index in [0.29, 0.717) is 17.8 Å². The minimum absolute atomic E-state index is 0.412. The molecule has 1 aromatic carbocycles. The van der Waals surface area contributed by atoms with Gasteiger partial charge in [-0.25, -0.2) is 0 Å². The molecule has 0 bridgehead atoms. The fourth-order valence-corrected chi connectivity index (χ4v) is 3.81. The Kier molecular flexibility index (Phi) is 3.06. The van der Waals surface area contributed by atoms with E-state index in [1.165, 1.54) is 36.9 Å². The summed E-state index contributed by atoms with van der Waals surface area (Å²) >= 11 is 0. The average molecular weight is 245 g/mol. The Morgan fingerprint density at radius 3 is 2.83 bits per heavy atom. The molecule has 0 amide bonds. The minimum Gasteiger partial charge on any atom is -0.508 e. The molecule has 0 aromatic heterocycles. The van der Waals surface area contributed by atoms with E-state index >= 15 is 0 Å². The van der Waals surface area contributed by atoms with Gasteiger partial charge in [0.2, 0.25) is 0 Å². The Balaban J connectivity index is 1.83. The molecular formula is C16H23NO. The fraction of sp³-hybridized carbons (Fsp3) is 0.625. The molecule has 1 aromatic rings. The molecule has 1 fully saturated rings. The minimum atomic E-state index is 0.412. The molecule has 1 N–H and O–H groups in total. The first kappa shape index (κ1) is 12.0. The molecule has 0 radical (unpaired) electrons. The van der Waals surface area contributed by atoms with E-state index < -0.39 is 0 Å². The number of piperidine rings is 1. The van der Waals surface area contributed by atoms with E-state index in [4.69, 9.17) is 0 Å². The zero-order valence-corrected chi connectivity index (χ0v) is 11.4. The van der Waals surface area contributed by atoms with Crippen molar-refractivity contribution < 1.29 is 5.11 Å². The molecule has 0 saturated carbocycles. The molecule has 1 aliphatic carbocycles. The summed E-state index contributed by atoms with van der Waals surface area (Å²) in [6.07, 6.45) is 4.99. The van der Waals surface area contributed by atoms with Gasteiger partial charge in [0, 0.05) is 12.1 Å². The molecule has 3 atom stereocenters. The van der Waals surface area contributed by atoms with Crippen LogP contribution in [0.5, 0.6) is 5.75 Å². The number of rotatable bonds is 1. The molecule has 2 nitrogen and oxygen atoms in total. The number of phenolic OH excluding ortho intramolecular Hbond substituents is 1. The average Bonchev–Trinajstić information content (AvgIpc) is 2.72. The van der Waals surface area contributed by atoms with Gasteiger partial charge in [0.1, 0.15) is 5.75 Å². The van der Waals surface area contributed by atoms with Gasteiger partial charge in [-0.15, -0.1) is 0 Å². The van der Waals surface area contributed by atoms with Crippen molar-refractivity contribution in [3.05, 3.63) is 29.3 Å². The molecule has 2 heteroatoms. The number of aryl methyl sites for hydroxylation is 1. The lowest BCUT2D eigenvalue weighted by molar-refractivity contribution is 0.0817.